The van der Waals surface area contributed by atoms with Crippen molar-refractivity contribution in [3.63, 3.8) is 0 Å². The van der Waals surface area contributed by atoms with Gasteiger partial charge in [-0.25, -0.2) is 0 Å². The highest BCUT2D eigenvalue weighted by Crippen LogP contribution is 2.13. The van der Waals surface area contributed by atoms with Gasteiger partial charge >= 0.3 is 0 Å². The van der Waals surface area contributed by atoms with Gasteiger partial charge in [0.2, 0.25) is 12.3 Å². The lowest BCUT2D eigenvalue weighted by atomic mass is 10.1. The number of nitro benzene ring substituents is 1. The molecule has 2 rings (SSSR count). The zero-order chi connectivity index (χ0) is 15.4. The third-order valence-electron chi connectivity index (χ3n) is 3.31. The van der Waals surface area contributed by atoms with Gasteiger partial charge in [-0.1, -0.05) is 13.8 Å². The van der Waals surface area contributed by atoms with Crippen LogP contribution in [0.5, 0.6) is 0 Å². The average molecular weight is 285 g/mol. The zero-order valence-corrected chi connectivity index (χ0v) is 12.0. The lowest BCUT2D eigenvalue weighted by molar-refractivity contribution is -0.683. The number of rotatable bonds is 5. The molecule has 108 valence electrons. The molecule has 0 saturated carbocycles. The third kappa shape index (κ3) is 3.72. The summed E-state index contributed by atoms with van der Waals surface area (Å²) >= 11 is 0. The van der Waals surface area contributed by atoms with E-state index in [1.807, 2.05) is 24.5 Å². The molecule has 0 unspecified atom stereocenters. The van der Waals surface area contributed by atoms with Crippen LogP contribution in [0.2, 0.25) is 0 Å². The van der Waals surface area contributed by atoms with Crippen molar-refractivity contribution in [3.05, 3.63) is 70.0 Å². The Hall–Kier alpha value is -2.56. The maximum atomic E-state index is 12.1. The minimum atomic E-state index is -0.479. The molecule has 0 radical (unpaired) electrons. The number of nitro groups is 1. The van der Waals surface area contributed by atoms with E-state index in [1.54, 1.807) is 4.57 Å². The molecular formula is C16H17N2O3+. The molecule has 1 aromatic carbocycles. The van der Waals surface area contributed by atoms with E-state index >= 15 is 0 Å². The number of carbonyl (C=O) groups is 1. The fraction of sp³-hybridized carbons (Fsp3) is 0.250. The molecule has 0 aliphatic carbocycles. The molecule has 5 nitrogen and oxygen atoms in total. The molecular weight excluding hydrogens is 268 g/mol. The summed E-state index contributed by atoms with van der Waals surface area (Å²) in [6.45, 7) is 4.44. The van der Waals surface area contributed by atoms with Crippen molar-refractivity contribution in [3.8, 4) is 0 Å². The maximum absolute atomic E-state index is 12.1. The van der Waals surface area contributed by atoms with Gasteiger partial charge in [0.05, 0.1) is 4.92 Å². The Morgan fingerprint density at radius 2 is 1.71 bits per heavy atom. The summed E-state index contributed by atoms with van der Waals surface area (Å²) < 4.78 is 1.80. The van der Waals surface area contributed by atoms with Crippen LogP contribution >= 0.6 is 0 Å². The molecule has 0 fully saturated rings. The van der Waals surface area contributed by atoms with E-state index in [9.17, 15) is 14.9 Å². The molecule has 2 aromatic rings. The second kappa shape index (κ2) is 6.26. The third-order valence-corrected chi connectivity index (χ3v) is 3.31. The van der Waals surface area contributed by atoms with Crippen molar-refractivity contribution in [2.45, 2.75) is 26.3 Å². The maximum Gasteiger partial charge on any atom is 0.269 e. The summed E-state index contributed by atoms with van der Waals surface area (Å²) in [6, 6.07) is 9.66. The summed E-state index contributed by atoms with van der Waals surface area (Å²) in [6.07, 6.45) is 3.75. The van der Waals surface area contributed by atoms with Gasteiger partial charge in [-0.2, -0.15) is 4.57 Å². The minimum absolute atomic E-state index is 0.0134. The van der Waals surface area contributed by atoms with Gasteiger partial charge in [0.25, 0.3) is 5.69 Å². The summed E-state index contributed by atoms with van der Waals surface area (Å²) in [5.74, 6) is 0.372. The fourth-order valence-corrected chi connectivity index (χ4v) is 1.99. The van der Waals surface area contributed by atoms with Crippen LogP contribution in [0.25, 0.3) is 0 Å². The first-order valence-corrected chi connectivity index (χ1v) is 6.74. The number of ketones is 1. The Morgan fingerprint density at radius 1 is 1.14 bits per heavy atom. The van der Waals surface area contributed by atoms with Gasteiger partial charge < -0.3 is 0 Å². The number of non-ortho nitro benzene ring substituents is 1. The number of benzene rings is 1. The average Bonchev–Trinajstić information content (AvgIpc) is 2.47. The van der Waals surface area contributed by atoms with Gasteiger partial charge in [0, 0.05) is 29.8 Å². The SMILES string of the molecule is CC(C)c1cc[n+](CC(=O)c2ccc([N+](=O)[O-])cc2)cc1. The molecule has 0 aliphatic rings. The number of hydrogen-bond donors (Lipinski definition) is 0. The van der Waals surface area contributed by atoms with Crippen LogP contribution in [0.1, 0.15) is 35.7 Å². The van der Waals surface area contributed by atoms with E-state index in [2.05, 4.69) is 13.8 Å². The molecule has 21 heavy (non-hydrogen) atoms. The van der Waals surface area contributed by atoms with Gasteiger partial charge in [-0.15, -0.1) is 0 Å². The van der Waals surface area contributed by atoms with Crippen molar-refractivity contribution in [1.82, 2.24) is 0 Å². The van der Waals surface area contributed by atoms with E-state index in [1.165, 1.54) is 29.8 Å². The highest BCUT2D eigenvalue weighted by molar-refractivity contribution is 5.95. The predicted octanol–water partition coefficient (Wildman–Crippen LogP) is 2.89. The standard InChI is InChI=1S/C16H17N2O3/c1-12(2)13-7-9-17(10-8-13)11-16(19)14-3-5-15(6-4-14)18(20)21/h3-10,12H,11H2,1-2H3/q+1. The van der Waals surface area contributed by atoms with Crippen LogP contribution in [0.3, 0.4) is 0 Å². The molecule has 5 heteroatoms. The largest absolute Gasteiger partial charge is 0.287 e. The topological polar surface area (TPSA) is 64.1 Å². The quantitative estimate of drug-likeness (QED) is 0.367. The van der Waals surface area contributed by atoms with Crippen LogP contribution in [-0.4, -0.2) is 10.7 Å². The molecule has 0 saturated heterocycles. The minimum Gasteiger partial charge on any atom is -0.287 e. The molecule has 0 spiro atoms. The summed E-state index contributed by atoms with van der Waals surface area (Å²) in [5.41, 5.74) is 1.68. The Bertz CT molecular complexity index is 646. The number of aromatic nitrogens is 1. The number of pyridine rings is 1. The van der Waals surface area contributed by atoms with Crippen molar-refractivity contribution in [2.24, 2.45) is 0 Å². The van der Waals surface area contributed by atoms with Crippen LogP contribution in [-0.2, 0) is 6.54 Å². The Kier molecular flexibility index (Phi) is 4.42. The van der Waals surface area contributed by atoms with E-state index < -0.39 is 4.92 Å². The van der Waals surface area contributed by atoms with Crippen molar-refractivity contribution < 1.29 is 14.3 Å². The molecule has 0 N–H and O–H groups in total. The smallest absolute Gasteiger partial charge is 0.269 e. The zero-order valence-electron chi connectivity index (χ0n) is 12.0. The normalized spacial score (nSPS) is 10.6. The highest BCUT2D eigenvalue weighted by Gasteiger charge is 2.14. The summed E-state index contributed by atoms with van der Waals surface area (Å²) in [5, 5.41) is 10.6. The first-order valence-electron chi connectivity index (χ1n) is 6.74. The van der Waals surface area contributed by atoms with Gasteiger partial charge in [-0.05, 0) is 23.6 Å². The number of nitrogens with zero attached hydrogens (tertiary/aromatic N) is 2. The Labute approximate surface area is 123 Å². The Balaban J connectivity index is 2.08. The van der Waals surface area contributed by atoms with Crippen LogP contribution in [0.15, 0.2) is 48.8 Å². The first-order chi connectivity index (χ1) is 9.97. The highest BCUT2D eigenvalue weighted by atomic mass is 16.6. The molecule has 0 atom stereocenters. The van der Waals surface area contributed by atoms with Crippen LogP contribution in [0, 0.1) is 10.1 Å². The molecule has 1 heterocycles. The Morgan fingerprint density at radius 3 is 2.19 bits per heavy atom. The lowest BCUT2D eigenvalue weighted by Gasteiger charge is -2.03. The van der Waals surface area contributed by atoms with E-state index in [-0.39, 0.29) is 18.0 Å². The number of carbonyl (C=O) groups excluding carboxylic acids is 1. The van der Waals surface area contributed by atoms with E-state index in [0.29, 0.717) is 11.5 Å². The first kappa shape index (κ1) is 14.8. The number of hydrogen-bond acceptors (Lipinski definition) is 3. The van der Waals surface area contributed by atoms with Gasteiger partial charge in [-0.3, -0.25) is 14.9 Å². The second-order valence-electron chi connectivity index (χ2n) is 5.19. The second-order valence-corrected chi connectivity index (χ2v) is 5.19. The molecule has 0 amide bonds. The molecule has 0 bridgehead atoms. The van der Waals surface area contributed by atoms with Crippen molar-refractivity contribution >= 4 is 11.5 Å². The van der Waals surface area contributed by atoms with Gasteiger partial charge in [0.15, 0.2) is 12.4 Å². The fourth-order valence-electron chi connectivity index (χ4n) is 1.99. The summed E-state index contributed by atoms with van der Waals surface area (Å²) in [4.78, 5) is 22.2. The van der Waals surface area contributed by atoms with Crippen molar-refractivity contribution in [1.29, 1.82) is 0 Å². The predicted molar refractivity (Wildman–Crippen MR) is 78.2 cm³/mol. The molecule has 0 aliphatic heterocycles. The van der Waals surface area contributed by atoms with Crippen LogP contribution < -0.4 is 4.57 Å². The number of Topliss-reactive ketones (excluding diaryl/α,β-unsaturated/α-hetero) is 1. The van der Waals surface area contributed by atoms with E-state index in [4.69, 9.17) is 0 Å². The van der Waals surface area contributed by atoms with Gasteiger partial charge in [0.1, 0.15) is 0 Å². The monoisotopic (exact) mass is 285 g/mol. The summed E-state index contributed by atoms with van der Waals surface area (Å²) in [7, 11) is 0. The molecule has 1 aromatic heterocycles. The van der Waals surface area contributed by atoms with Crippen LogP contribution in [0.4, 0.5) is 5.69 Å². The lowest BCUT2D eigenvalue weighted by Crippen LogP contribution is -2.37. The van der Waals surface area contributed by atoms with Crippen molar-refractivity contribution in [2.75, 3.05) is 0 Å². The van der Waals surface area contributed by atoms with E-state index in [0.717, 1.165) is 0 Å².